The van der Waals surface area contributed by atoms with Gasteiger partial charge in [-0.1, -0.05) is 28.1 Å². The van der Waals surface area contributed by atoms with Crippen molar-refractivity contribution >= 4 is 28.1 Å². The smallest absolute Gasteiger partial charge is 0.416 e. The van der Waals surface area contributed by atoms with E-state index in [-0.39, 0.29) is 40.9 Å². The van der Waals surface area contributed by atoms with Crippen LogP contribution in [0.2, 0.25) is 0 Å². The zero-order chi connectivity index (χ0) is 26.6. The van der Waals surface area contributed by atoms with E-state index in [2.05, 4.69) is 21.2 Å². The highest BCUT2D eigenvalue weighted by molar-refractivity contribution is 9.10. The number of carboxylic acid groups (broad SMARTS) is 1. The maximum absolute atomic E-state index is 13.0. The molecule has 0 aromatic heterocycles. The van der Waals surface area contributed by atoms with Gasteiger partial charge in [-0.15, -0.1) is 0 Å². The molecule has 13 heteroatoms. The lowest BCUT2D eigenvalue weighted by atomic mass is 9.98. The van der Waals surface area contributed by atoms with E-state index in [1.807, 2.05) is 0 Å². The van der Waals surface area contributed by atoms with Gasteiger partial charge in [-0.3, -0.25) is 0 Å². The van der Waals surface area contributed by atoms with Crippen molar-refractivity contribution in [3.63, 3.8) is 0 Å². The van der Waals surface area contributed by atoms with Crippen molar-refractivity contribution < 1.29 is 49.4 Å². The summed E-state index contributed by atoms with van der Waals surface area (Å²) in [6.07, 6.45) is -13.5. The largest absolute Gasteiger partial charge is 0.465 e. The molecule has 1 amide bonds. The molecule has 2 aromatic carbocycles. The van der Waals surface area contributed by atoms with Gasteiger partial charge in [0.25, 0.3) is 0 Å². The summed E-state index contributed by atoms with van der Waals surface area (Å²) in [6, 6.07) is 2.80. The third-order valence-electron chi connectivity index (χ3n) is 4.78. The SMILES string of the molecule is O=C(O)N[C@H](CCC/C=C/c1cc(C(F)(F)F)cc(C(F)(F)F)c1)c1cc(C(F)(F)F)ccc1Br. The number of benzene rings is 2. The van der Waals surface area contributed by atoms with Crippen molar-refractivity contribution in [2.75, 3.05) is 0 Å². The van der Waals surface area contributed by atoms with E-state index in [0.717, 1.165) is 24.3 Å². The average Bonchev–Trinajstić information content (AvgIpc) is 2.70. The van der Waals surface area contributed by atoms with Crippen LogP contribution in [0.1, 0.15) is 53.1 Å². The second-order valence-corrected chi connectivity index (χ2v) is 8.26. The molecule has 0 aliphatic carbocycles. The minimum absolute atomic E-state index is 0.00638. The molecule has 35 heavy (non-hydrogen) atoms. The molecule has 0 fully saturated rings. The molecule has 0 saturated carbocycles. The Bertz CT molecular complexity index is 1040. The molecular weight excluding hydrogens is 561 g/mol. The van der Waals surface area contributed by atoms with E-state index in [4.69, 9.17) is 5.11 Å². The number of hydrogen-bond acceptors (Lipinski definition) is 1. The fourth-order valence-corrected chi connectivity index (χ4v) is 3.70. The van der Waals surface area contributed by atoms with Gasteiger partial charge in [0.1, 0.15) is 0 Å². The van der Waals surface area contributed by atoms with Gasteiger partial charge in [0.05, 0.1) is 22.7 Å². The van der Waals surface area contributed by atoms with Gasteiger partial charge in [-0.25, -0.2) is 4.79 Å². The lowest BCUT2D eigenvalue weighted by Crippen LogP contribution is -2.27. The van der Waals surface area contributed by atoms with Crippen molar-refractivity contribution in [2.24, 2.45) is 0 Å². The predicted octanol–water partition coefficient (Wildman–Crippen LogP) is 8.70. The summed E-state index contributed by atoms with van der Waals surface area (Å²) in [5, 5.41) is 11.2. The summed E-state index contributed by atoms with van der Waals surface area (Å²) in [5.41, 5.74) is -4.23. The Hall–Kier alpha value is -2.70. The first kappa shape index (κ1) is 28.5. The van der Waals surface area contributed by atoms with E-state index in [1.165, 1.54) is 6.08 Å². The van der Waals surface area contributed by atoms with Gasteiger partial charge in [-0.05, 0) is 66.8 Å². The van der Waals surface area contributed by atoms with E-state index < -0.39 is 47.4 Å². The average molecular weight is 578 g/mol. The third-order valence-corrected chi connectivity index (χ3v) is 5.50. The summed E-state index contributed by atoms with van der Waals surface area (Å²) in [5.74, 6) is 0. The van der Waals surface area contributed by atoms with Crippen LogP contribution in [0, 0.1) is 0 Å². The van der Waals surface area contributed by atoms with E-state index >= 15 is 0 Å². The molecule has 2 rings (SSSR count). The molecule has 3 nitrogen and oxygen atoms in total. The predicted molar refractivity (Wildman–Crippen MR) is 112 cm³/mol. The van der Waals surface area contributed by atoms with Crippen LogP contribution in [-0.2, 0) is 18.5 Å². The lowest BCUT2D eigenvalue weighted by molar-refractivity contribution is -0.143. The van der Waals surface area contributed by atoms with Crippen molar-refractivity contribution in [1.82, 2.24) is 5.32 Å². The van der Waals surface area contributed by atoms with Crippen LogP contribution in [0.5, 0.6) is 0 Å². The van der Waals surface area contributed by atoms with Gasteiger partial charge >= 0.3 is 24.6 Å². The number of rotatable bonds is 7. The minimum atomic E-state index is -4.99. The maximum Gasteiger partial charge on any atom is 0.416 e. The molecule has 0 aliphatic heterocycles. The van der Waals surface area contributed by atoms with Gasteiger partial charge in [0.15, 0.2) is 0 Å². The number of nitrogens with one attached hydrogen (secondary N) is 1. The van der Waals surface area contributed by atoms with Crippen LogP contribution in [0.25, 0.3) is 6.08 Å². The topological polar surface area (TPSA) is 49.3 Å². The molecule has 0 saturated heterocycles. The van der Waals surface area contributed by atoms with E-state index in [9.17, 15) is 44.3 Å². The molecule has 0 aliphatic rings. The first-order chi connectivity index (χ1) is 16.0. The monoisotopic (exact) mass is 577 g/mol. The molecule has 0 radical (unpaired) electrons. The Morgan fingerprint density at radius 2 is 1.43 bits per heavy atom. The molecule has 0 bridgehead atoms. The standard InChI is InChI=1S/C22H17BrF9NO2/c23-17-7-6-13(20(24,25)26)11-16(17)18(33-19(34)35)5-3-1-2-4-12-8-14(21(27,28)29)10-15(9-12)22(30,31)32/h2,4,6-11,18,33H,1,3,5H2,(H,34,35)/b4-2+/t18-/m1/s1. The summed E-state index contributed by atoms with van der Waals surface area (Å²) in [4.78, 5) is 11.1. The molecule has 0 heterocycles. The number of allylic oxidation sites excluding steroid dienone is 1. The van der Waals surface area contributed by atoms with E-state index in [0.29, 0.717) is 12.1 Å². The zero-order valence-corrected chi connectivity index (χ0v) is 19.0. The molecule has 2 N–H and O–H groups in total. The molecule has 2 aromatic rings. The number of halogens is 10. The minimum Gasteiger partial charge on any atom is -0.465 e. The summed E-state index contributed by atoms with van der Waals surface area (Å²) < 4.78 is 117. The normalized spacial score (nSPS) is 13.8. The molecule has 0 spiro atoms. The zero-order valence-electron chi connectivity index (χ0n) is 17.5. The van der Waals surface area contributed by atoms with Crippen LogP contribution in [0.4, 0.5) is 44.3 Å². The first-order valence-corrected chi connectivity index (χ1v) is 10.6. The van der Waals surface area contributed by atoms with Crippen LogP contribution in [0.3, 0.4) is 0 Å². The second-order valence-electron chi connectivity index (χ2n) is 7.41. The summed E-state index contributed by atoms with van der Waals surface area (Å²) in [7, 11) is 0. The Morgan fingerprint density at radius 1 is 0.886 bits per heavy atom. The van der Waals surface area contributed by atoms with Gasteiger partial charge in [0, 0.05) is 4.47 Å². The fraction of sp³-hybridized carbons (Fsp3) is 0.318. The van der Waals surface area contributed by atoms with Crippen molar-refractivity contribution in [3.05, 3.63) is 74.8 Å². The van der Waals surface area contributed by atoms with Gasteiger partial charge < -0.3 is 10.4 Å². The summed E-state index contributed by atoms with van der Waals surface area (Å²) in [6.45, 7) is 0. The number of amides is 1. The number of hydrogen-bond donors (Lipinski definition) is 2. The quantitative estimate of drug-likeness (QED) is 0.255. The number of unbranched alkanes of at least 4 members (excludes halogenated alkanes) is 1. The van der Waals surface area contributed by atoms with Crippen molar-refractivity contribution in [2.45, 2.75) is 43.8 Å². The number of carbonyl (C=O) groups is 1. The van der Waals surface area contributed by atoms with Gasteiger partial charge in [0.2, 0.25) is 0 Å². The fourth-order valence-electron chi connectivity index (χ4n) is 3.18. The molecular formula is C22H17BrF9NO2. The lowest BCUT2D eigenvalue weighted by Gasteiger charge is -2.20. The highest BCUT2D eigenvalue weighted by atomic mass is 79.9. The van der Waals surface area contributed by atoms with Gasteiger partial charge in [-0.2, -0.15) is 39.5 Å². The van der Waals surface area contributed by atoms with Crippen molar-refractivity contribution in [1.29, 1.82) is 0 Å². The molecule has 1 atom stereocenters. The van der Waals surface area contributed by atoms with Crippen molar-refractivity contribution in [3.8, 4) is 0 Å². The maximum atomic E-state index is 13.0. The van der Waals surface area contributed by atoms with Crippen LogP contribution in [-0.4, -0.2) is 11.2 Å². The second kappa shape index (κ2) is 10.9. The van der Waals surface area contributed by atoms with Crippen LogP contribution >= 0.6 is 15.9 Å². The van der Waals surface area contributed by atoms with E-state index in [1.54, 1.807) is 0 Å². The first-order valence-electron chi connectivity index (χ1n) is 9.80. The highest BCUT2D eigenvalue weighted by Gasteiger charge is 2.36. The highest BCUT2D eigenvalue weighted by Crippen LogP contribution is 2.37. The molecule has 192 valence electrons. The number of alkyl halides is 9. The summed E-state index contributed by atoms with van der Waals surface area (Å²) >= 11 is 3.09. The Morgan fingerprint density at radius 3 is 1.91 bits per heavy atom. The third kappa shape index (κ3) is 8.48. The van der Waals surface area contributed by atoms with Crippen LogP contribution < -0.4 is 5.32 Å². The Labute approximate surface area is 201 Å². The molecule has 0 unspecified atom stereocenters. The van der Waals surface area contributed by atoms with Crippen LogP contribution in [0.15, 0.2) is 46.9 Å². The Kier molecular flexibility index (Phi) is 8.90. The Balaban J connectivity index is 2.18.